The van der Waals surface area contributed by atoms with Crippen molar-refractivity contribution in [1.82, 2.24) is 18.7 Å². The molecule has 7 nitrogen and oxygen atoms in total. The van der Waals surface area contributed by atoms with Gasteiger partial charge in [-0.2, -0.15) is 4.98 Å². The molecule has 1 aliphatic rings. The van der Waals surface area contributed by atoms with Crippen molar-refractivity contribution in [2.75, 3.05) is 11.4 Å². The number of hydrogen-bond donors (Lipinski definition) is 0. The van der Waals surface area contributed by atoms with E-state index < -0.39 is 0 Å². The number of aryl methyl sites for hydroxylation is 1. The lowest BCUT2D eigenvalue weighted by molar-refractivity contribution is 0.457. The minimum Gasteiger partial charge on any atom is -0.312 e. The third-order valence-corrected chi connectivity index (χ3v) is 5.84. The highest BCUT2D eigenvalue weighted by Gasteiger charge is 2.29. The first-order valence-corrected chi connectivity index (χ1v) is 10.4. The highest BCUT2D eigenvalue weighted by Crippen LogP contribution is 2.33. The number of hydrogen-bond acceptors (Lipinski definition) is 4. The largest absolute Gasteiger partial charge is 0.332 e. The molecule has 1 aliphatic heterocycles. The van der Waals surface area contributed by atoms with Crippen molar-refractivity contribution in [2.24, 2.45) is 13.0 Å². The molecule has 0 spiro atoms. The average molecular weight is 446 g/mol. The van der Waals surface area contributed by atoms with Crippen LogP contribution in [0.2, 0.25) is 0 Å². The van der Waals surface area contributed by atoms with Crippen LogP contribution in [0.25, 0.3) is 11.2 Å². The summed E-state index contributed by atoms with van der Waals surface area (Å²) in [6.45, 7) is 6.16. The Morgan fingerprint density at radius 2 is 1.89 bits per heavy atom. The fourth-order valence-electron chi connectivity index (χ4n) is 3.86. The molecule has 1 atom stereocenters. The molecule has 0 saturated carbocycles. The van der Waals surface area contributed by atoms with Gasteiger partial charge in [0.05, 0.1) is 0 Å². The number of imidazole rings is 1. The van der Waals surface area contributed by atoms with E-state index in [1.165, 1.54) is 9.13 Å². The second-order valence-electron chi connectivity index (χ2n) is 7.54. The Bertz CT molecular complexity index is 1140. The van der Waals surface area contributed by atoms with Crippen LogP contribution in [-0.4, -0.2) is 25.2 Å². The van der Waals surface area contributed by atoms with E-state index in [9.17, 15) is 9.59 Å². The minimum atomic E-state index is -0.301. The Balaban J connectivity index is 1.96. The molecule has 0 saturated heterocycles. The van der Waals surface area contributed by atoms with Crippen molar-refractivity contribution in [3.05, 3.63) is 49.6 Å². The highest BCUT2D eigenvalue weighted by atomic mass is 79.9. The molecule has 8 heteroatoms. The molecule has 0 bridgehead atoms. The number of anilines is 2. The van der Waals surface area contributed by atoms with Crippen LogP contribution in [-0.2, 0) is 20.1 Å². The first-order chi connectivity index (χ1) is 13.4. The fraction of sp³-hybridized carbons (Fsp3) is 0.450. The van der Waals surface area contributed by atoms with Crippen molar-refractivity contribution in [2.45, 2.75) is 39.8 Å². The standard InChI is InChI=1S/C20H24BrN5O2/c1-4-5-10-24-18(27)16-17(23(3)20(24)28)22-19-25(11-13(2)12-26(16)19)15-8-6-14(21)7-9-15/h6-9,13H,4-5,10-12H2,1-3H3/t13-/m0/s1. The van der Waals surface area contributed by atoms with E-state index in [0.29, 0.717) is 30.2 Å². The molecule has 0 amide bonds. The second kappa shape index (κ2) is 7.24. The zero-order chi connectivity index (χ0) is 20.0. The molecule has 148 valence electrons. The van der Waals surface area contributed by atoms with Crippen LogP contribution in [0.3, 0.4) is 0 Å². The van der Waals surface area contributed by atoms with Crippen molar-refractivity contribution in [1.29, 1.82) is 0 Å². The van der Waals surface area contributed by atoms with Gasteiger partial charge in [0.2, 0.25) is 5.95 Å². The van der Waals surface area contributed by atoms with Gasteiger partial charge < -0.3 is 9.47 Å². The molecule has 3 aromatic rings. The maximum Gasteiger partial charge on any atom is 0.332 e. The molecule has 0 N–H and O–H groups in total. The molecule has 0 radical (unpaired) electrons. The summed E-state index contributed by atoms with van der Waals surface area (Å²) >= 11 is 3.48. The third-order valence-electron chi connectivity index (χ3n) is 5.32. The van der Waals surface area contributed by atoms with Crippen LogP contribution in [0.15, 0.2) is 38.3 Å². The summed E-state index contributed by atoms with van der Waals surface area (Å²) < 4.78 is 5.85. The van der Waals surface area contributed by atoms with Gasteiger partial charge in [0.25, 0.3) is 5.56 Å². The summed E-state index contributed by atoms with van der Waals surface area (Å²) in [5.74, 6) is 1.06. The van der Waals surface area contributed by atoms with Gasteiger partial charge >= 0.3 is 5.69 Å². The lowest BCUT2D eigenvalue weighted by Crippen LogP contribution is -2.40. The maximum atomic E-state index is 13.2. The smallest absolute Gasteiger partial charge is 0.312 e. The van der Waals surface area contributed by atoms with Crippen LogP contribution in [0.1, 0.15) is 26.7 Å². The normalized spacial score (nSPS) is 16.6. The number of nitrogens with zero attached hydrogens (tertiary/aromatic N) is 5. The van der Waals surface area contributed by atoms with Gasteiger partial charge in [0.1, 0.15) is 0 Å². The highest BCUT2D eigenvalue weighted by molar-refractivity contribution is 9.10. The number of aromatic nitrogens is 4. The lowest BCUT2D eigenvalue weighted by atomic mass is 10.1. The Hall–Kier alpha value is -2.35. The van der Waals surface area contributed by atoms with Crippen LogP contribution in [0, 0.1) is 5.92 Å². The number of benzene rings is 1. The zero-order valence-corrected chi connectivity index (χ0v) is 17.9. The monoisotopic (exact) mass is 445 g/mol. The summed E-state index contributed by atoms with van der Waals surface area (Å²) in [6, 6.07) is 8.05. The summed E-state index contributed by atoms with van der Waals surface area (Å²) in [5.41, 5.74) is 1.44. The quantitative estimate of drug-likeness (QED) is 0.617. The van der Waals surface area contributed by atoms with Crippen molar-refractivity contribution < 1.29 is 0 Å². The Morgan fingerprint density at radius 1 is 1.18 bits per heavy atom. The van der Waals surface area contributed by atoms with E-state index in [2.05, 4.69) is 27.8 Å². The van der Waals surface area contributed by atoms with Crippen LogP contribution < -0.4 is 16.1 Å². The Morgan fingerprint density at radius 3 is 2.57 bits per heavy atom. The van der Waals surface area contributed by atoms with Crippen LogP contribution >= 0.6 is 15.9 Å². The van der Waals surface area contributed by atoms with E-state index in [1.807, 2.05) is 35.8 Å². The number of rotatable bonds is 4. The Labute approximate surface area is 171 Å². The maximum absolute atomic E-state index is 13.2. The SMILES string of the molecule is CCCCn1c(=O)c2c(nc3n2C[C@@H](C)CN3c2ccc(Br)cc2)n(C)c1=O. The van der Waals surface area contributed by atoms with Crippen molar-refractivity contribution in [3.8, 4) is 0 Å². The van der Waals surface area contributed by atoms with Gasteiger partial charge in [0, 0.05) is 36.8 Å². The number of fused-ring (bicyclic) bond motifs is 3. The van der Waals surface area contributed by atoms with Crippen molar-refractivity contribution in [3.63, 3.8) is 0 Å². The van der Waals surface area contributed by atoms with E-state index >= 15 is 0 Å². The van der Waals surface area contributed by atoms with Gasteiger partial charge in [-0.3, -0.25) is 13.9 Å². The van der Waals surface area contributed by atoms with Gasteiger partial charge in [-0.25, -0.2) is 4.79 Å². The first-order valence-electron chi connectivity index (χ1n) is 9.65. The second-order valence-corrected chi connectivity index (χ2v) is 8.45. The summed E-state index contributed by atoms with van der Waals surface area (Å²) in [5, 5.41) is 0. The topological polar surface area (TPSA) is 65.1 Å². The first kappa shape index (κ1) is 19.0. The summed E-state index contributed by atoms with van der Waals surface area (Å²) in [7, 11) is 1.69. The van der Waals surface area contributed by atoms with E-state index in [0.717, 1.165) is 35.5 Å². The Kier molecular flexibility index (Phi) is 4.91. The van der Waals surface area contributed by atoms with E-state index in [1.54, 1.807) is 7.05 Å². The third kappa shape index (κ3) is 2.99. The van der Waals surface area contributed by atoms with Gasteiger partial charge in [-0.1, -0.05) is 36.2 Å². The molecule has 0 unspecified atom stereocenters. The molecule has 0 fully saturated rings. The van der Waals surface area contributed by atoms with E-state index in [-0.39, 0.29) is 11.2 Å². The predicted octanol–water partition coefficient (Wildman–Crippen LogP) is 3.25. The molecule has 3 heterocycles. The molecule has 1 aromatic carbocycles. The molecule has 4 rings (SSSR count). The molecule has 2 aromatic heterocycles. The lowest BCUT2D eigenvalue weighted by Gasteiger charge is -2.33. The van der Waals surface area contributed by atoms with Crippen LogP contribution in [0.4, 0.5) is 11.6 Å². The van der Waals surface area contributed by atoms with Crippen molar-refractivity contribution >= 4 is 38.7 Å². The van der Waals surface area contributed by atoms with Gasteiger partial charge in [-0.15, -0.1) is 0 Å². The predicted molar refractivity (Wildman–Crippen MR) is 114 cm³/mol. The van der Waals surface area contributed by atoms with Gasteiger partial charge in [0.15, 0.2) is 11.2 Å². The minimum absolute atomic E-state index is 0.241. The molecule has 0 aliphatic carbocycles. The molecular formula is C20H24BrN5O2. The fourth-order valence-corrected chi connectivity index (χ4v) is 4.12. The molecule has 28 heavy (non-hydrogen) atoms. The summed E-state index contributed by atoms with van der Waals surface area (Å²) in [6.07, 6.45) is 1.72. The zero-order valence-electron chi connectivity index (χ0n) is 16.4. The van der Waals surface area contributed by atoms with Crippen LogP contribution in [0.5, 0.6) is 0 Å². The number of unbranched alkanes of at least 4 members (excludes halogenated alkanes) is 1. The molecular weight excluding hydrogens is 422 g/mol. The van der Waals surface area contributed by atoms with Gasteiger partial charge in [-0.05, 0) is 36.6 Å². The summed E-state index contributed by atoms with van der Waals surface area (Å²) in [4.78, 5) is 32.8. The average Bonchev–Trinajstić information content (AvgIpc) is 3.06. The number of halogens is 1. The van der Waals surface area contributed by atoms with E-state index in [4.69, 9.17) is 4.98 Å².